The first-order valence-corrected chi connectivity index (χ1v) is 10.4. The molecular formula is C17H15N5OS3. The van der Waals surface area contributed by atoms with Crippen LogP contribution in [0.1, 0.15) is 11.1 Å². The number of thioether (sulfide) groups is 2. The van der Waals surface area contributed by atoms with E-state index in [-0.39, 0.29) is 11.7 Å². The molecule has 0 atom stereocenters. The number of benzene rings is 1. The monoisotopic (exact) mass is 401 g/mol. The fraction of sp³-hybridized carbons (Fsp3) is 0.118. The summed E-state index contributed by atoms with van der Waals surface area (Å²) in [4.78, 5) is 15.7. The maximum atomic E-state index is 11.8. The van der Waals surface area contributed by atoms with Gasteiger partial charge in [0.2, 0.25) is 0 Å². The Morgan fingerprint density at radius 1 is 1.08 bits per heavy atom. The summed E-state index contributed by atoms with van der Waals surface area (Å²) in [5.74, 6) is 0.907. The molecule has 0 aliphatic heterocycles. The van der Waals surface area contributed by atoms with Gasteiger partial charge in [0.15, 0.2) is 8.68 Å². The van der Waals surface area contributed by atoms with Gasteiger partial charge in [-0.1, -0.05) is 65.2 Å². The standard InChI is InChI=1S/C17H15N5OS3/c23-15(20-19-10-13-6-8-18-9-7-13)12-25-17-22-21-16(26-17)24-11-14-4-2-1-3-5-14/h1-10H,11-12H2,(H,20,23)/b19-10-. The average Bonchev–Trinajstić information content (AvgIpc) is 3.14. The lowest BCUT2D eigenvalue weighted by molar-refractivity contribution is -0.118. The zero-order valence-electron chi connectivity index (χ0n) is 13.6. The molecule has 9 heteroatoms. The molecule has 0 saturated carbocycles. The molecule has 0 fully saturated rings. The zero-order valence-corrected chi connectivity index (χ0v) is 16.1. The van der Waals surface area contributed by atoms with Gasteiger partial charge in [-0.3, -0.25) is 9.78 Å². The van der Waals surface area contributed by atoms with Crippen LogP contribution in [0.5, 0.6) is 0 Å². The number of hydrazone groups is 1. The van der Waals surface area contributed by atoms with Crippen LogP contribution < -0.4 is 5.43 Å². The smallest absolute Gasteiger partial charge is 0.250 e. The number of amides is 1. The minimum absolute atomic E-state index is 0.186. The van der Waals surface area contributed by atoms with Crippen molar-refractivity contribution < 1.29 is 4.79 Å². The van der Waals surface area contributed by atoms with Crippen molar-refractivity contribution in [2.75, 3.05) is 5.75 Å². The van der Waals surface area contributed by atoms with E-state index in [1.54, 1.807) is 42.5 Å². The van der Waals surface area contributed by atoms with Crippen LogP contribution in [0, 0.1) is 0 Å². The lowest BCUT2D eigenvalue weighted by Crippen LogP contribution is -2.19. The fourth-order valence-electron chi connectivity index (χ4n) is 1.82. The Hall–Kier alpha value is -2.23. The van der Waals surface area contributed by atoms with Crippen LogP contribution in [0.4, 0.5) is 0 Å². The van der Waals surface area contributed by atoms with E-state index in [0.717, 1.165) is 20.0 Å². The molecule has 1 aromatic carbocycles. The normalized spacial score (nSPS) is 10.9. The molecule has 2 aromatic heterocycles. The molecule has 0 spiro atoms. The lowest BCUT2D eigenvalue weighted by Gasteiger charge is -1.97. The maximum absolute atomic E-state index is 11.8. The molecule has 3 rings (SSSR count). The van der Waals surface area contributed by atoms with Gasteiger partial charge >= 0.3 is 0 Å². The van der Waals surface area contributed by atoms with Gasteiger partial charge in [-0.25, -0.2) is 5.43 Å². The van der Waals surface area contributed by atoms with Crippen molar-refractivity contribution in [1.82, 2.24) is 20.6 Å². The first-order valence-electron chi connectivity index (χ1n) is 7.64. The Balaban J connectivity index is 1.40. The van der Waals surface area contributed by atoms with Gasteiger partial charge in [0.1, 0.15) is 0 Å². The summed E-state index contributed by atoms with van der Waals surface area (Å²) in [7, 11) is 0. The summed E-state index contributed by atoms with van der Waals surface area (Å²) in [6, 6.07) is 13.8. The zero-order chi connectivity index (χ0) is 18.0. The van der Waals surface area contributed by atoms with E-state index >= 15 is 0 Å². The summed E-state index contributed by atoms with van der Waals surface area (Å²) in [5.41, 5.74) is 4.61. The van der Waals surface area contributed by atoms with E-state index in [9.17, 15) is 4.79 Å². The number of carbonyl (C=O) groups excluding carboxylic acids is 1. The first-order chi connectivity index (χ1) is 12.8. The Bertz CT molecular complexity index is 855. The Morgan fingerprint density at radius 3 is 2.58 bits per heavy atom. The van der Waals surface area contributed by atoms with Crippen LogP contribution in [0.3, 0.4) is 0 Å². The first kappa shape index (κ1) is 18.6. The summed E-state index contributed by atoms with van der Waals surface area (Å²) >= 11 is 4.49. The van der Waals surface area contributed by atoms with E-state index in [0.29, 0.717) is 0 Å². The van der Waals surface area contributed by atoms with Gasteiger partial charge in [0.05, 0.1) is 12.0 Å². The van der Waals surface area contributed by atoms with E-state index in [1.807, 2.05) is 18.2 Å². The largest absolute Gasteiger partial charge is 0.272 e. The molecule has 0 radical (unpaired) electrons. The quantitative estimate of drug-likeness (QED) is 0.354. The summed E-state index contributed by atoms with van der Waals surface area (Å²) in [6.45, 7) is 0. The van der Waals surface area contributed by atoms with Crippen molar-refractivity contribution in [3.8, 4) is 0 Å². The number of pyridine rings is 1. The van der Waals surface area contributed by atoms with Crippen LogP contribution in [-0.2, 0) is 10.5 Å². The SMILES string of the molecule is O=C(CSc1nnc(SCc2ccccc2)s1)N/N=C\c1ccncc1. The highest BCUT2D eigenvalue weighted by atomic mass is 32.2. The molecule has 0 saturated heterocycles. The molecule has 26 heavy (non-hydrogen) atoms. The fourth-order valence-corrected chi connectivity index (χ4v) is 4.59. The second-order valence-electron chi connectivity index (χ2n) is 4.97. The number of rotatable bonds is 8. The molecule has 1 amide bonds. The van der Waals surface area contributed by atoms with E-state index < -0.39 is 0 Å². The van der Waals surface area contributed by atoms with Crippen LogP contribution in [0.25, 0.3) is 0 Å². The topological polar surface area (TPSA) is 80.1 Å². The lowest BCUT2D eigenvalue weighted by atomic mass is 10.2. The molecule has 0 unspecified atom stereocenters. The van der Waals surface area contributed by atoms with Crippen molar-refractivity contribution in [2.24, 2.45) is 5.10 Å². The predicted molar refractivity (Wildman–Crippen MR) is 107 cm³/mol. The van der Waals surface area contributed by atoms with E-state index in [1.165, 1.54) is 28.7 Å². The van der Waals surface area contributed by atoms with Gasteiger partial charge < -0.3 is 0 Å². The minimum Gasteiger partial charge on any atom is -0.272 e. The number of hydrogen-bond acceptors (Lipinski definition) is 8. The number of aromatic nitrogens is 3. The van der Waals surface area contributed by atoms with Gasteiger partial charge in [-0.15, -0.1) is 10.2 Å². The van der Waals surface area contributed by atoms with Crippen molar-refractivity contribution in [2.45, 2.75) is 14.4 Å². The predicted octanol–water partition coefficient (Wildman–Crippen LogP) is 3.47. The molecule has 6 nitrogen and oxygen atoms in total. The van der Waals surface area contributed by atoms with Crippen LogP contribution in [-0.4, -0.2) is 33.1 Å². The number of nitrogens with one attached hydrogen (secondary N) is 1. The van der Waals surface area contributed by atoms with Crippen molar-refractivity contribution in [1.29, 1.82) is 0 Å². The molecule has 2 heterocycles. The van der Waals surface area contributed by atoms with Crippen LogP contribution >= 0.6 is 34.9 Å². The maximum Gasteiger partial charge on any atom is 0.250 e. The molecular weight excluding hydrogens is 386 g/mol. The Labute approximate surface area is 163 Å². The van der Waals surface area contributed by atoms with Crippen molar-refractivity contribution >= 4 is 47.0 Å². The minimum atomic E-state index is -0.186. The van der Waals surface area contributed by atoms with E-state index in [2.05, 4.69) is 37.8 Å². The van der Waals surface area contributed by atoms with Crippen molar-refractivity contribution in [3.63, 3.8) is 0 Å². The number of nitrogens with zero attached hydrogens (tertiary/aromatic N) is 4. The molecule has 1 N–H and O–H groups in total. The third-order valence-electron chi connectivity index (χ3n) is 3.03. The summed E-state index contributed by atoms with van der Waals surface area (Å²) < 4.78 is 1.67. The highest BCUT2D eigenvalue weighted by Gasteiger charge is 2.08. The van der Waals surface area contributed by atoms with Gasteiger partial charge in [-0.05, 0) is 23.3 Å². The molecule has 3 aromatic rings. The van der Waals surface area contributed by atoms with Crippen LogP contribution in [0.15, 0.2) is 68.6 Å². The molecule has 0 aliphatic carbocycles. The highest BCUT2D eigenvalue weighted by Crippen LogP contribution is 2.30. The highest BCUT2D eigenvalue weighted by molar-refractivity contribution is 8.03. The van der Waals surface area contributed by atoms with Crippen LogP contribution in [0.2, 0.25) is 0 Å². The average molecular weight is 402 g/mol. The van der Waals surface area contributed by atoms with E-state index in [4.69, 9.17) is 0 Å². The van der Waals surface area contributed by atoms with Gasteiger partial charge in [-0.2, -0.15) is 5.10 Å². The third kappa shape index (κ3) is 6.25. The summed E-state index contributed by atoms with van der Waals surface area (Å²) in [5, 5.41) is 12.2. The number of carbonyl (C=O) groups is 1. The second kappa shape index (κ2) is 10.0. The van der Waals surface area contributed by atoms with Gasteiger partial charge in [0.25, 0.3) is 5.91 Å². The Kier molecular flexibility index (Phi) is 7.17. The Morgan fingerprint density at radius 2 is 1.81 bits per heavy atom. The number of hydrogen-bond donors (Lipinski definition) is 1. The summed E-state index contributed by atoms with van der Waals surface area (Å²) in [6.07, 6.45) is 4.91. The second-order valence-corrected chi connectivity index (χ2v) is 8.39. The molecule has 0 bridgehead atoms. The molecule has 0 aliphatic rings. The molecule has 132 valence electrons. The van der Waals surface area contributed by atoms with Gasteiger partial charge in [0, 0.05) is 18.1 Å². The van der Waals surface area contributed by atoms with Crippen molar-refractivity contribution in [3.05, 3.63) is 66.0 Å². The third-order valence-corrected chi connectivity index (χ3v) is 6.29.